The fourth-order valence-corrected chi connectivity index (χ4v) is 6.37. The number of nitrogens with zero attached hydrogens (tertiary/aromatic N) is 1. The van der Waals surface area contributed by atoms with Crippen LogP contribution in [-0.2, 0) is 28.0 Å². The number of benzene rings is 3. The summed E-state index contributed by atoms with van der Waals surface area (Å²) < 4.78 is 68.3. The van der Waals surface area contributed by atoms with E-state index in [9.17, 15) is 26.4 Å². The lowest BCUT2D eigenvalue weighted by Crippen LogP contribution is -2.39. The summed E-state index contributed by atoms with van der Waals surface area (Å²) in [7, 11) is -4.02. The number of hydrogen-bond acceptors (Lipinski definition) is 5. The Morgan fingerprint density at radius 3 is 2.09 bits per heavy atom. The Kier molecular flexibility index (Phi) is 10.6. The second-order valence-electron chi connectivity index (χ2n) is 11.9. The maximum atomic E-state index is 13.6. The molecule has 7 nitrogen and oxygen atoms in total. The van der Waals surface area contributed by atoms with Crippen LogP contribution in [0.5, 0.6) is 0 Å². The minimum atomic E-state index is -4.58. The highest BCUT2D eigenvalue weighted by Crippen LogP contribution is 2.33. The molecular formula is C34H38F3N3O4S. The highest BCUT2D eigenvalue weighted by Gasteiger charge is 2.31. The highest BCUT2D eigenvalue weighted by atomic mass is 32.2. The molecule has 4 aromatic rings. The van der Waals surface area contributed by atoms with Crippen LogP contribution in [0, 0.1) is 0 Å². The van der Waals surface area contributed by atoms with Crippen molar-refractivity contribution in [1.82, 2.24) is 14.6 Å². The van der Waals surface area contributed by atoms with Crippen LogP contribution in [0.3, 0.4) is 0 Å². The van der Waals surface area contributed by atoms with Crippen molar-refractivity contribution in [3.63, 3.8) is 0 Å². The molecule has 240 valence electrons. The van der Waals surface area contributed by atoms with E-state index in [-0.39, 0.29) is 39.7 Å². The number of rotatable bonds is 7. The third-order valence-corrected chi connectivity index (χ3v) is 8.95. The van der Waals surface area contributed by atoms with E-state index in [1.165, 1.54) is 30.3 Å². The average Bonchev–Trinajstić information content (AvgIpc) is 3.36. The minimum Gasteiger partial charge on any atom is -0.478 e. The Labute approximate surface area is 261 Å². The van der Waals surface area contributed by atoms with Crippen molar-refractivity contribution in [3.8, 4) is 0 Å². The topological polar surface area (TPSA) is 100 Å². The van der Waals surface area contributed by atoms with Gasteiger partial charge in [0.1, 0.15) is 0 Å². The predicted octanol–water partition coefficient (Wildman–Crippen LogP) is 6.32. The summed E-state index contributed by atoms with van der Waals surface area (Å²) in [5.41, 5.74) is 2.09. The summed E-state index contributed by atoms with van der Waals surface area (Å²) in [6.45, 7) is 10.8. The molecule has 0 saturated carbocycles. The fraction of sp³-hybridized carbons (Fsp3) is 0.324. The van der Waals surface area contributed by atoms with Gasteiger partial charge in [0.05, 0.1) is 22.4 Å². The zero-order valence-corrected chi connectivity index (χ0v) is 26.3. The van der Waals surface area contributed by atoms with Gasteiger partial charge < -0.3 is 15.7 Å². The molecule has 0 bridgehead atoms. The van der Waals surface area contributed by atoms with E-state index >= 15 is 0 Å². The second kappa shape index (κ2) is 14.0. The minimum absolute atomic E-state index is 0.0717. The van der Waals surface area contributed by atoms with Crippen LogP contribution < -0.4 is 10.6 Å². The monoisotopic (exact) mass is 641 g/mol. The number of aromatic carboxylic acids is 1. The molecule has 0 aliphatic carbocycles. The Morgan fingerprint density at radius 1 is 0.889 bits per heavy atom. The van der Waals surface area contributed by atoms with Gasteiger partial charge in [-0.05, 0) is 58.5 Å². The molecule has 5 rings (SSSR count). The maximum absolute atomic E-state index is 13.6. The fourth-order valence-electron chi connectivity index (χ4n) is 4.94. The molecule has 0 radical (unpaired) electrons. The van der Waals surface area contributed by atoms with Gasteiger partial charge in [0.25, 0.3) is 0 Å². The average molecular weight is 642 g/mol. The summed E-state index contributed by atoms with van der Waals surface area (Å²) in [5, 5.41) is 15.7. The van der Waals surface area contributed by atoms with Crippen LogP contribution in [0.4, 0.5) is 13.2 Å². The van der Waals surface area contributed by atoms with Crippen LogP contribution in [0.25, 0.3) is 17.0 Å². The van der Waals surface area contributed by atoms with Gasteiger partial charge in [0, 0.05) is 43.7 Å². The van der Waals surface area contributed by atoms with Crippen LogP contribution in [0.15, 0.2) is 78.9 Å². The summed E-state index contributed by atoms with van der Waals surface area (Å²) in [4.78, 5) is 11.2. The highest BCUT2D eigenvalue weighted by molar-refractivity contribution is 7.90. The van der Waals surface area contributed by atoms with E-state index in [1.807, 2.05) is 24.3 Å². The Morgan fingerprint density at radius 2 is 1.53 bits per heavy atom. The van der Waals surface area contributed by atoms with E-state index in [2.05, 4.69) is 31.4 Å². The van der Waals surface area contributed by atoms with E-state index < -0.39 is 27.7 Å². The SMILES string of the molecule is C1CNCCN1.CC(C)(C)c1cccc(C=CCS(=O)(=O)n2c(Cc3ccc(C(=O)O)cc3)cc3cc(C(F)(F)F)ccc32)c1. The van der Waals surface area contributed by atoms with Crippen LogP contribution in [-0.4, -0.2) is 55.4 Å². The number of carbonyl (C=O) groups is 1. The molecule has 1 aliphatic rings. The quantitative estimate of drug-likeness (QED) is 0.219. The Balaban J connectivity index is 0.000000687. The molecule has 1 fully saturated rings. The van der Waals surface area contributed by atoms with E-state index in [0.29, 0.717) is 5.56 Å². The number of alkyl halides is 3. The Hall–Kier alpha value is -3.93. The van der Waals surface area contributed by atoms with Crippen molar-refractivity contribution < 1.29 is 31.5 Å². The molecular weight excluding hydrogens is 603 g/mol. The lowest BCUT2D eigenvalue weighted by Gasteiger charge is -2.19. The maximum Gasteiger partial charge on any atom is 0.416 e. The number of carboxylic acids is 1. The van der Waals surface area contributed by atoms with Crippen molar-refractivity contribution >= 4 is 33.0 Å². The first-order chi connectivity index (χ1) is 21.1. The number of carboxylic acid groups (broad SMARTS) is 1. The molecule has 1 aliphatic heterocycles. The summed E-state index contributed by atoms with van der Waals surface area (Å²) in [6.07, 6.45) is -1.26. The van der Waals surface area contributed by atoms with Gasteiger partial charge in [0.2, 0.25) is 10.0 Å². The third-order valence-electron chi connectivity index (χ3n) is 7.35. The van der Waals surface area contributed by atoms with Crippen molar-refractivity contribution in [2.45, 2.75) is 38.8 Å². The molecule has 3 N–H and O–H groups in total. The number of halogens is 3. The summed E-state index contributed by atoms with van der Waals surface area (Å²) in [5.74, 6) is -1.47. The number of fused-ring (bicyclic) bond motifs is 1. The van der Waals surface area contributed by atoms with E-state index in [0.717, 1.165) is 53.4 Å². The molecule has 2 heterocycles. The molecule has 0 amide bonds. The number of aromatic nitrogens is 1. The molecule has 3 aromatic carbocycles. The van der Waals surface area contributed by atoms with E-state index in [4.69, 9.17) is 5.11 Å². The van der Waals surface area contributed by atoms with Crippen LogP contribution in [0.1, 0.15) is 59.1 Å². The van der Waals surface area contributed by atoms with Crippen LogP contribution >= 0.6 is 0 Å². The lowest BCUT2D eigenvalue weighted by molar-refractivity contribution is -0.137. The smallest absolute Gasteiger partial charge is 0.416 e. The van der Waals surface area contributed by atoms with Gasteiger partial charge in [-0.3, -0.25) is 0 Å². The van der Waals surface area contributed by atoms with Gasteiger partial charge >= 0.3 is 12.1 Å². The van der Waals surface area contributed by atoms with Gasteiger partial charge in [-0.15, -0.1) is 0 Å². The number of nitrogens with one attached hydrogen (secondary N) is 2. The molecule has 1 aromatic heterocycles. The predicted molar refractivity (Wildman–Crippen MR) is 172 cm³/mol. The first kappa shape index (κ1) is 34.0. The third kappa shape index (κ3) is 9.06. The van der Waals surface area contributed by atoms with Crippen molar-refractivity contribution in [2.75, 3.05) is 31.9 Å². The molecule has 45 heavy (non-hydrogen) atoms. The molecule has 1 saturated heterocycles. The van der Waals surface area contributed by atoms with Gasteiger partial charge in [0.15, 0.2) is 0 Å². The second-order valence-corrected chi connectivity index (χ2v) is 13.8. The van der Waals surface area contributed by atoms with Crippen molar-refractivity contribution in [3.05, 3.63) is 112 Å². The molecule has 0 unspecified atom stereocenters. The standard InChI is InChI=1S/C30H28F3NO4S.C4H10N2/c1-29(2,3)24-8-4-6-20(16-24)7-5-15-39(37,38)34-26(17-21-9-11-22(12-10-21)28(35)36)19-23-18-25(30(31,32)33)13-14-27(23)34;1-2-6-4-3-5-1/h4-14,16,18-19H,15,17H2,1-3H3,(H,35,36);5-6H,1-4H2. The van der Waals surface area contributed by atoms with Crippen molar-refractivity contribution in [2.24, 2.45) is 0 Å². The van der Waals surface area contributed by atoms with Crippen molar-refractivity contribution in [1.29, 1.82) is 0 Å². The zero-order valence-electron chi connectivity index (χ0n) is 25.5. The van der Waals surface area contributed by atoms with Gasteiger partial charge in [-0.1, -0.05) is 69.3 Å². The molecule has 11 heteroatoms. The zero-order chi connectivity index (χ0) is 32.8. The van der Waals surface area contributed by atoms with Crippen LogP contribution in [0.2, 0.25) is 0 Å². The number of piperazine rings is 1. The molecule has 0 spiro atoms. The first-order valence-electron chi connectivity index (χ1n) is 14.6. The largest absolute Gasteiger partial charge is 0.478 e. The normalized spacial score (nSPS) is 14.4. The summed E-state index contributed by atoms with van der Waals surface area (Å²) in [6, 6.07) is 18.1. The Bertz CT molecular complexity index is 1760. The van der Waals surface area contributed by atoms with Gasteiger partial charge in [-0.2, -0.15) is 13.2 Å². The summed E-state index contributed by atoms with van der Waals surface area (Å²) >= 11 is 0. The van der Waals surface area contributed by atoms with E-state index in [1.54, 1.807) is 18.2 Å². The first-order valence-corrected chi connectivity index (χ1v) is 16.2. The number of hydrogen-bond donors (Lipinski definition) is 3. The van der Waals surface area contributed by atoms with Gasteiger partial charge in [-0.25, -0.2) is 17.2 Å². The molecule has 0 atom stereocenters. The lowest BCUT2D eigenvalue weighted by atomic mass is 9.86.